The number of esters is 1. The number of ether oxygens (including phenoxy) is 1. The van der Waals surface area contributed by atoms with Crippen LogP contribution in [0.5, 0.6) is 5.75 Å². The van der Waals surface area contributed by atoms with Crippen LogP contribution < -0.4 is 10.5 Å². The van der Waals surface area contributed by atoms with Crippen molar-refractivity contribution >= 4 is 29.9 Å². The lowest BCUT2D eigenvalue weighted by Crippen LogP contribution is -2.33. The van der Waals surface area contributed by atoms with Crippen LogP contribution in [0.25, 0.3) is 6.08 Å². The van der Waals surface area contributed by atoms with Gasteiger partial charge < -0.3 is 15.4 Å². The fourth-order valence-corrected chi connectivity index (χ4v) is 3.61. The third-order valence-electron chi connectivity index (χ3n) is 5.22. The number of nitrogens with two attached hydrogens (primary N) is 1. The molecule has 1 aliphatic heterocycles. The number of hydrogen-bond acceptors (Lipinski definition) is 6. The van der Waals surface area contributed by atoms with E-state index in [0.717, 1.165) is 36.9 Å². The molecule has 1 aliphatic rings. The standard InChI is InChI=1S/C24H27N3O3.CO2/c1-2-20-4-3-15-27(20)23(28)14-9-17-5-10-19(11-6-17)24(29)30-21-12-7-18(8-13-21)16-22(25)26;2-1-3/h5-14,20H,2-4,15-16H2,1H3,(H3,25,26);/b14-9+;. The predicted octanol–water partition coefficient (Wildman–Crippen LogP) is 3.21. The molecule has 1 amide bonds. The van der Waals surface area contributed by atoms with Crippen molar-refractivity contribution in [1.29, 1.82) is 5.41 Å². The van der Waals surface area contributed by atoms with Gasteiger partial charge in [0.05, 0.1) is 11.4 Å². The fraction of sp³-hybridized carbons (Fsp3) is 0.280. The predicted molar refractivity (Wildman–Crippen MR) is 123 cm³/mol. The Morgan fingerprint density at radius 3 is 2.36 bits per heavy atom. The van der Waals surface area contributed by atoms with E-state index in [9.17, 15) is 9.59 Å². The van der Waals surface area contributed by atoms with Gasteiger partial charge in [-0.3, -0.25) is 10.2 Å². The molecule has 0 spiro atoms. The van der Waals surface area contributed by atoms with Crippen LogP contribution in [0.15, 0.2) is 54.6 Å². The molecule has 2 aromatic rings. The molecule has 1 saturated heterocycles. The van der Waals surface area contributed by atoms with Gasteiger partial charge in [0.15, 0.2) is 0 Å². The first-order chi connectivity index (χ1) is 15.9. The van der Waals surface area contributed by atoms with Crippen LogP contribution >= 0.6 is 0 Å². The fourth-order valence-electron chi connectivity index (χ4n) is 3.61. The lowest BCUT2D eigenvalue weighted by atomic mass is 10.1. The molecule has 1 heterocycles. The first kappa shape index (κ1) is 25.2. The Bertz CT molecular complexity index is 1020. The summed E-state index contributed by atoms with van der Waals surface area (Å²) in [4.78, 5) is 42.9. The van der Waals surface area contributed by atoms with E-state index in [0.29, 0.717) is 23.8 Å². The Balaban J connectivity index is 0.00000122. The summed E-state index contributed by atoms with van der Waals surface area (Å²) in [7, 11) is 0. The van der Waals surface area contributed by atoms with E-state index in [1.54, 1.807) is 60.7 Å². The van der Waals surface area contributed by atoms with Gasteiger partial charge in [-0.05, 0) is 60.7 Å². The maximum atomic E-state index is 12.4. The summed E-state index contributed by atoms with van der Waals surface area (Å²) < 4.78 is 5.39. The number of nitrogens with one attached hydrogen (secondary N) is 1. The second-order valence-corrected chi connectivity index (χ2v) is 7.51. The zero-order valence-corrected chi connectivity index (χ0v) is 18.5. The Kier molecular flexibility index (Phi) is 9.74. The van der Waals surface area contributed by atoms with Crippen LogP contribution in [0.2, 0.25) is 0 Å². The smallest absolute Gasteiger partial charge is 0.373 e. The lowest BCUT2D eigenvalue weighted by Gasteiger charge is -2.21. The molecule has 8 heteroatoms. The number of benzene rings is 2. The van der Waals surface area contributed by atoms with Crippen LogP contribution in [0.1, 0.15) is 47.7 Å². The van der Waals surface area contributed by atoms with Crippen molar-refractivity contribution in [2.75, 3.05) is 6.54 Å². The highest BCUT2D eigenvalue weighted by molar-refractivity contribution is 5.93. The Morgan fingerprint density at radius 2 is 1.79 bits per heavy atom. The molecule has 33 heavy (non-hydrogen) atoms. The molecule has 1 atom stereocenters. The van der Waals surface area contributed by atoms with Gasteiger partial charge in [-0.1, -0.05) is 31.2 Å². The summed E-state index contributed by atoms with van der Waals surface area (Å²) in [6, 6.07) is 14.2. The number of hydrogen-bond donors (Lipinski definition) is 2. The number of likely N-dealkylation sites (tertiary alicyclic amines) is 1. The zero-order valence-electron chi connectivity index (χ0n) is 18.5. The third kappa shape index (κ3) is 7.87. The van der Waals surface area contributed by atoms with Gasteiger partial charge in [0, 0.05) is 25.1 Å². The van der Waals surface area contributed by atoms with Crippen LogP contribution in [0.3, 0.4) is 0 Å². The second kappa shape index (κ2) is 12.7. The monoisotopic (exact) mass is 449 g/mol. The topological polar surface area (TPSA) is 131 Å². The highest BCUT2D eigenvalue weighted by Gasteiger charge is 2.25. The van der Waals surface area contributed by atoms with Crippen LogP contribution in [-0.2, 0) is 20.8 Å². The van der Waals surface area contributed by atoms with Gasteiger partial charge in [-0.25, -0.2) is 4.79 Å². The van der Waals surface area contributed by atoms with Gasteiger partial charge in [-0.15, -0.1) is 0 Å². The minimum absolute atomic E-state index is 0.0380. The van der Waals surface area contributed by atoms with Crippen LogP contribution in [-0.4, -0.2) is 41.4 Å². The highest BCUT2D eigenvalue weighted by Crippen LogP contribution is 2.20. The lowest BCUT2D eigenvalue weighted by molar-refractivity contribution is -0.191. The number of amides is 1. The highest BCUT2D eigenvalue weighted by atomic mass is 16.5. The van der Waals surface area contributed by atoms with Crippen molar-refractivity contribution in [3.05, 3.63) is 71.3 Å². The zero-order chi connectivity index (χ0) is 24.2. The number of amidine groups is 1. The van der Waals surface area contributed by atoms with E-state index in [4.69, 9.17) is 25.5 Å². The summed E-state index contributed by atoms with van der Waals surface area (Å²) in [5.74, 6) is 0.0963. The average molecular weight is 450 g/mol. The Morgan fingerprint density at radius 1 is 1.15 bits per heavy atom. The quantitative estimate of drug-likeness (QED) is 0.219. The summed E-state index contributed by atoms with van der Waals surface area (Å²) >= 11 is 0. The van der Waals surface area contributed by atoms with Gasteiger partial charge >= 0.3 is 12.1 Å². The van der Waals surface area contributed by atoms with Crippen molar-refractivity contribution in [2.45, 2.75) is 38.6 Å². The first-order valence-electron chi connectivity index (χ1n) is 10.6. The molecular weight excluding hydrogens is 422 g/mol. The van der Waals surface area contributed by atoms with Crippen molar-refractivity contribution in [3.8, 4) is 5.75 Å². The van der Waals surface area contributed by atoms with Gasteiger partial charge in [0.25, 0.3) is 0 Å². The molecule has 3 rings (SSSR count). The average Bonchev–Trinajstić information content (AvgIpc) is 3.28. The molecule has 0 saturated carbocycles. The summed E-state index contributed by atoms with van der Waals surface area (Å²) in [5, 5.41) is 7.31. The Hall–Kier alpha value is -4.03. The SMILES string of the molecule is CCC1CCCN1C(=O)/C=C/c1ccc(C(=O)Oc2ccc(CC(=N)N)cc2)cc1.O=C=O. The molecule has 0 radical (unpaired) electrons. The largest absolute Gasteiger partial charge is 0.423 e. The summed E-state index contributed by atoms with van der Waals surface area (Å²) in [5.41, 5.74) is 7.54. The molecule has 3 N–H and O–H groups in total. The minimum atomic E-state index is -0.455. The molecule has 0 bridgehead atoms. The second-order valence-electron chi connectivity index (χ2n) is 7.51. The van der Waals surface area contributed by atoms with Crippen molar-refractivity contribution in [2.24, 2.45) is 5.73 Å². The van der Waals surface area contributed by atoms with Crippen molar-refractivity contribution in [1.82, 2.24) is 4.90 Å². The van der Waals surface area contributed by atoms with E-state index >= 15 is 0 Å². The van der Waals surface area contributed by atoms with E-state index in [-0.39, 0.29) is 17.9 Å². The summed E-state index contributed by atoms with van der Waals surface area (Å²) in [6.07, 6.45) is 7.11. The number of nitrogens with zero attached hydrogens (tertiary/aromatic N) is 1. The van der Waals surface area contributed by atoms with Crippen LogP contribution in [0, 0.1) is 5.41 Å². The van der Waals surface area contributed by atoms with Crippen LogP contribution in [0.4, 0.5) is 0 Å². The summed E-state index contributed by atoms with van der Waals surface area (Å²) in [6.45, 7) is 2.93. The maximum absolute atomic E-state index is 12.4. The number of carbonyl (C=O) groups excluding carboxylic acids is 4. The molecule has 8 nitrogen and oxygen atoms in total. The van der Waals surface area contributed by atoms with Gasteiger partial charge in [0.2, 0.25) is 5.91 Å². The molecular formula is C25H27N3O5. The van der Waals surface area contributed by atoms with Crippen molar-refractivity contribution in [3.63, 3.8) is 0 Å². The molecule has 0 aromatic heterocycles. The number of carbonyl (C=O) groups is 2. The van der Waals surface area contributed by atoms with E-state index in [1.165, 1.54) is 0 Å². The normalized spacial score (nSPS) is 14.8. The van der Waals surface area contributed by atoms with Gasteiger partial charge in [-0.2, -0.15) is 9.59 Å². The van der Waals surface area contributed by atoms with Gasteiger partial charge in [0.1, 0.15) is 5.75 Å². The number of rotatable bonds is 7. The van der Waals surface area contributed by atoms with Crippen molar-refractivity contribution < 1.29 is 23.9 Å². The van der Waals surface area contributed by atoms with E-state index < -0.39 is 5.97 Å². The third-order valence-corrected chi connectivity index (χ3v) is 5.22. The molecule has 2 aromatic carbocycles. The van der Waals surface area contributed by atoms with E-state index in [2.05, 4.69) is 6.92 Å². The molecule has 1 fully saturated rings. The molecule has 0 aliphatic carbocycles. The Labute approximate surface area is 192 Å². The first-order valence-corrected chi connectivity index (χ1v) is 10.6. The maximum Gasteiger partial charge on any atom is 0.373 e. The molecule has 172 valence electrons. The molecule has 1 unspecified atom stereocenters. The minimum Gasteiger partial charge on any atom is -0.423 e. The van der Waals surface area contributed by atoms with E-state index in [1.807, 2.05) is 4.90 Å².